The van der Waals surface area contributed by atoms with Crippen LogP contribution in [0.25, 0.3) is 0 Å². The second-order valence-corrected chi connectivity index (χ2v) is 3.87. The standard InChI is InChI=1S/C10H15F6NO2/c1-3-5-6-19-7(18)17-8(4-2,9(11,12)13)10(14,15)16/h3-6H2,1-2H3,(H,17,18). The molecule has 0 aromatic carbocycles. The van der Waals surface area contributed by atoms with Crippen molar-refractivity contribution in [3.05, 3.63) is 0 Å². The molecule has 0 spiro atoms. The van der Waals surface area contributed by atoms with Crippen molar-refractivity contribution in [3.63, 3.8) is 0 Å². The van der Waals surface area contributed by atoms with Crippen LogP contribution >= 0.6 is 0 Å². The number of unbranched alkanes of at least 4 members (excludes halogenated alkanes) is 1. The van der Waals surface area contributed by atoms with E-state index in [9.17, 15) is 31.1 Å². The largest absolute Gasteiger partial charge is 0.450 e. The van der Waals surface area contributed by atoms with Gasteiger partial charge in [-0.1, -0.05) is 20.3 Å². The summed E-state index contributed by atoms with van der Waals surface area (Å²) in [7, 11) is 0. The molecule has 0 aliphatic carbocycles. The Balaban J connectivity index is 5.03. The van der Waals surface area contributed by atoms with Crippen LogP contribution in [0.4, 0.5) is 31.1 Å². The number of rotatable bonds is 5. The van der Waals surface area contributed by atoms with Crippen LogP contribution in [0, 0.1) is 0 Å². The molecule has 0 aliphatic heterocycles. The molecule has 1 N–H and O–H groups in total. The molecule has 0 saturated carbocycles. The van der Waals surface area contributed by atoms with Crippen molar-refractivity contribution in [2.75, 3.05) is 6.61 Å². The lowest BCUT2D eigenvalue weighted by molar-refractivity contribution is -0.305. The van der Waals surface area contributed by atoms with E-state index in [1.165, 1.54) is 0 Å². The molecule has 0 unspecified atom stereocenters. The number of halogens is 6. The van der Waals surface area contributed by atoms with Gasteiger partial charge in [0.25, 0.3) is 0 Å². The van der Waals surface area contributed by atoms with Crippen LogP contribution in [0.15, 0.2) is 0 Å². The van der Waals surface area contributed by atoms with Gasteiger partial charge in [0.15, 0.2) is 0 Å². The summed E-state index contributed by atoms with van der Waals surface area (Å²) in [6, 6.07) is 0. The van der Waals surface area contributed by atoms with E-state index in [1.54, 1.807) is 6.92 Å². The molecule has 0 atom stereocenters. The van der Waals surface area contributed by atoms with E-state index in [0.29, 0.717) is 19.8 Å². The average Bonchev–Trinajstić information content (AvgIpc) is 2.22. The van der Waals surface area contributed by atoms with E-state index in [-0.39, 0.29) is 6.61 Å². The molecular weight excluding hydrogens is 280 g/mol. The molecule has 0 saturated heterocycles. The average molecular weight is 295 g/mol. The van der Waals surface area contributed by atoms with Gasteiger partial charge in [-0.25, -0.2) is 4.79 Å². The van der Waals surface area contributed by atoms with E-state index >= 15 is 0 Å². The number of hydrogen-bond acceptors (Lipinski definition) is 2. The highest BCUT2D eigenvalue weighted by Crippen LogP contribution is 2.45. The SMILES string of the molecule is CCCCOC(=O)NC(CC)(C(F)(F)F)C(F)(F)F. The normalized spacial score (nSPS) is 13.3. The Morgan fingerprint density at radius 1 is 1.05 bits per heavy atom. The fourth-order valence-corrected chi connectivity index (χ4v) is 1.31. The highest BCUT2D eigenvalue weighted by molar-refractivity contribution is 5.68. The summed E-state index contributed by atoms with van der Waals surface area (Å²) in [5.74, 6) is 0. The molecular formula is C10H15F6NO2. The predicted octanol–water partition coefficient (Wildman–Crippen LogP) is 3.79. The maximum Gasteiger partial charge on any atom is 0.420 e. The van der Waals surface area contributed by atoms with Crippen molar-refractivity contribution >= 4 is 6.09 Å². The zero-order valence-electron chi connectivity index (χ0n) is 10.4. The summed E-state index contributed by atoms with van der Waals surface area (Å²) in [5.41, 5.74) is -4.29. The molecule has 0 radical (unpaired) electrons. The van der Waals surface area contributed by atoms with Gasteiger partial charge in [-0.3, -0.25) is 5.32 Å². The van der Waals surface area contributed by atoms with Crippen molar-refractivity contribution in [3.8, 4) is 0 Å². The van der Waals surface area contributed by atoms with Crippen LogP contribution in [-0.2, 0) is 4.74 Å². The molecule has 0 bridgehead atoms. The smallest absolute Gasteiger partial charge is 0.420 e. The van der Waals surface area contributed by atoms with Gasteiger partial charge < -0.3 is 4.74 Å². The Morgan fingerprint density at radius 3 is 1.84 bits per heavy atom. The van der Waals surface area contributed by atoms with Crippen molar-refractivity contribution in [2.45, 2.75) is 51.0 Å². The predicted molar refractivity (Wildman–Crippen MR) is 54.5 cm³/mol. The summed E-state index contributed by atoms with van der Waals surface area (Å²) >= 11 is 0. The lowest BCUT2D eigenvalue weighted by Gasteiger charge is -2.36. The van der Waals surface area contributed by atoms with Gasteiger partial charge in [0.05, 0.1) is 6.61 Å². The highest BCUT2D eigenvalue weighted by atomic mass is 19.4. The van der Waals surface area contributed by atoms with Crippen LogP contribution in [0.3, 0.4) is 0 Å². The van der Waals surface area contributed by atoms with Gasteiger partial charge in [-0.15, -0.1) is 0 Å². The Labute approximate surface area is 106 Å². The van der Waals surface area contributed by atoms with Crippen molar-refractivity contribution < 1.29 is 35.9 Å². The number of alkyl halides is 6. The molecule has 1 amide bonds. The Morgan fingerprint density at radius 2 is 1.53 bits per heavy atom. The number of alkyl carbamates (subject to hydrolysis) is 1. The van der Waals surface area contributed by atoms with Crippen molar-refractivity contribution in [1.82, 2.24) is 5.32 Å². The first-order valence-electron chi connectivity index (χ1n) is 5.60. The number of nitrogens with one attached hydrogen (secondary N) is 1. The monoisotopic (exact) mass is 295 g/mol. The zero-order valence-corrected chi connectivity index (χ0v) is 10.4. The quantitative estimate of drug-likeness (QED) is 0.619. The maximum atomic E-state index is 12.6. The van der Waals surface area contributed by atoms with E-state index < -0.39 is 30.4 Å². The van der Waals surface area contributed by atoms with Gasteiger partial charge in [0.2, 0.25) is 5.54 Å². The van der Waals surface area contributed by atoms with Gasteiger partial charge in [-0.05, 0) is 12.8 Å². The minimum atomic E-state index is -5.66. The molecule has 0 rings (SSSR count). The fourth-order valence-electron chi connectivity index (χ4n) is 1.31. The lowest BCUT2D eigenvalue weighted by Crippen LogP contribution is -2.67. The second-order valence-electron chi connectivity index (χ2n) is 3.87. The molecule has 0 aromatic rings. The first-order chi connectivity index (χ1) is 8.52. The Hall–Kier alpha value is -1.15. The molecule has 3 nitrogen and oxygen atoms in total. The molecule has 0 heterocycles. The molecule has 0 aromatic heterocycles. The maximum absolute atomic E-state index is 12.6. The van der Waals surface area contributed by atoms with Gasteiger partial charge in [-0.2, -0.15) is 26.3 Å². The third-order valence-corrected chi connectivity index (χ3v) is 2.54. The van der Waals surface area contributed by atoms with E-state index in [4.69, 9.17) is 0 Å². The fraction of sp³-hybridized carbons (Fsp3) is 0.900. The lowest BCUT2D eigenvalue weighted by atomic mass is 9.94. The van der Waals surface area contributed by atoms with E-state index in [2.05, 4.69) is 4.74 Å². The number of amides is 1. The van der Waals surface area contributed by atoms with Crippen LogP contribution < -0.4 is 5.32 Å². The molecule has 9 heteroatoms. The van der Waals surface area contributed by atoms with Crippen LogP contribution in [-0.4, -0.2) is 30.6 Å². The van der Waals surface area contributed by atoms with Crippen LogP contribution in [0.2, 0.25) is 0 Å². The van der Waals surface area contributed by atoms with Gasteiger partial charge in [0, 0.05) is 0 Å². The Bertz CT molecular complexity index is 285. The minimum Gasteiger partial charge on any atom is -0.450 e. The minimum absolute atomic E-state index is 0.238. The number of hydrogen-bond donors (Lipinski definition) is 1. The van der Waals surface area contributed by atoms with Crippen molar-refractivity contribution in [2.24, 2.45) is 0 Å². The van der Waals surface area contributed by atoms with Crippen LogP contribution in [0.5, 0.6) is 0 Å². The third-order valence-electron chi connectivity index (χ3n) is 2.54. The number of carbonyl (C=O) groups excluding carboxylic acids is 1. The van der Waals surface area contributed by atoms with E-state index in [0.717, 1.165) is 5.32 Å². The van der Waals surface area contributed by atoms with Gasteiger partial charge >= 0.3 is 18.4 Å². The number of ether oxygens (including phenoxy) is 1. The summed E-state index contributed by atoms with van der Waals surface area (Å²) in [5, 5.41) is 0.908. The summed E-state index contributed by atoms with van der Waals surface area (Å²) < 4.78 is 80.1. The first-order valence-corrected chi connectivity index (χ1v) is 5.60. The third kappa shape index (κ3) is 4.17. The molecule has 0 aliphatic rings. The topological polar surface area (TPSA) is 38.3 Å². The molecule has 19 heavy (non-hydrogen) atoms. The summed E-state index contributed by atoms with van der Waals surface area (Å²) in [6.45, 7) is 2.17. The Kier molecular flexibility index (Phi) is 5.95. The highest BCUT2D eigenvalue weighted by Gasteiger charge is 2.70. The van der Waals surface area contributed by atoms with E-state index in [1.807, 2.05) is 0 Å². The molecule has 0 fully saturated rings. The zero-order chi connectivity index (χ0) is 15.3. The van der Waals surface area contributed by atoms with Gasteiger partial charge in [0.1, 0.15) is 0 Å². The summed E-state index contributed by atoms with van der Waals surface area (Å²) in [4.78, 5) is 11.1. The first kappa shape index (κ1) is 17.8. The molecule has 114 valence electrons. The number of carbonyl (C=O) groups is 1. The second kappa shape index (κ2) is 6.33. The van der Waals surface area contributed by atoms with Crippen molar-refractivity contribution in [1.29, 1.82) is 0 Å². The summed E-state index contributed by atoms with van der Waals surface area (Å²) in [6.07, 6.45) is -13.5. The van der Waals surface area contributed by atoms with Crippen LogP contribution in [0.1, 0.15) is 33.1 Å².